The number of hydrogen-bond acceptors (Lipinski definition) is 12. The van der Waals surface area contributed by atoms with E-state index in [2.05, 4.69) is 0 Å². The van der Waals surface area contributed by atoms with Crippen LogP contribution in [-0.4, -0.2) is 62.0 Å². The minimum Gasteiger partial charge on any atom is -0.458 e. The molecular formula is C30H47NO11. The molecule has 12 heteroatoms. The van der Waals surface area contributed by atoms with Crippen LogP contribution in [0.4, 0.5) is 14.4 Å². The maximum atomic E-state index is 12.7. The van der Waals surface area contributed by atoms with Crippen LogP contribution in [0, 0.1) is 11.8 Å². The summed E-state index contributed by atoms with van der Waals surface area (Å²) in [5.74, 6) is -0.277. The first kappa shape index (κ1) is 36.5. The Bertz CT molecular complexity index is 1010. The summed E-state index contributed by atoms with van der Waals surface area (Å²) >= 11 is 0. The lowest BCUT2D eigenvalue weighted by Gasteiger charge is -2.23. The van der Waals surface area contributed by atoms with E-state index >= 15 is 0 Å². The number of ether oxygens (including phenoxy) is 7. The van der Waals surface area contributed by atoms with Crippen LogP contribution in [0.5, 0.6) is 11.5 Å². The number of carbonyl (C=O) groups is 4. The summed E-state index contributed by atoms with van der Waals surface area (Å²) in [5.41, 5.74) is 6.57. The van der Waals surface area contributed by atoms with Crippen LogP contribution in [0.15, 0.2) is 18.2 Å². The van der Waals surface area contributed by atoms with Crippen molar-refractivity contribution in [1.29, 1.82) is 0 Å². The third-order valence-electron chi connectivity index (χ3n) is 6.10. The molecule has 0 spiro atoms. The quantitative estimate of drug-likeness (QED) is 0.136. The van der Waals surface area contributed by atoms with E-state index < -0.39 is 42.7 Å². The highest BCUT2D eigenvalue weighted by Gasteiger charge is 2.26. The van der Waals surface area contributed by atoms with Crippen molar-refractivity contribution in [3.8, 4) is 11.5 Å². The molecule has 0 aliphatic heterocycles. The smallest absolute Gasteiger partial charge is 0.458 e. The topological polar surface area (TPSA) is 159 Å². The molecule has 0 amide bonds. The monoisotopic (exact) mass is 597 g/mol. The summed E-state index contributed by atoms with van der Waals surface area (Å²) in [5, 5.41) is 0. The highest BCUT2D eigenvalue weighted by molar-refractivity contribution is 5.76. The number of benzene rings is 1. The van der Waals surface area contributed by atoms with Gasteiger partial charge in [0.2, 0.25) is 0 Å². The Hall–Kier alpha value is -3.54. The van der Waals surface area contributed by atoms with Gasteiger partial charge in [-0.05, 0) is 76.0 Å². The lowest BCUT2D eigenvalue weighted by atomic mass is 10.1. The fourth-order valence-electron chi connectivity index (χ4n) is 3.06. The van der Waals surface area contributed by atoms with Gasteiger partial charge in [-0.1, -0.05) is 40.7 Å². The summed E-state index contributed by atoms with van der Waals surface area (Å²) in [6.07, 6.45) is -2.77. The lowest BCUT2D eigenvalue weighted by Crippen LogP contribution is -2.39. The van der Waals surface area contributed by atoms with Crippen molar-refractivity contribution < 1.29 is 52.3 Å². The number of nitrogens with two attached hydrogens (primary N) is 1. The summed E-state index contributed by atoms with van der Waals surface area (Å²) in [4.78, 5) is 49.0. The van der Waals surface area contributed by atoms with E-state index in [0.717, 1.165) is 0 Å². The number of rotatable bonds is 16. The first-order chi connectivity index (χ1) is 19.7. The fraction of sp³-hybridized carbons (Fsp3) is 0.667. The zero-order valence-corrected chi connectivity index (χ0v) is 26.0. The van der Waals surface area contributed by atoms with Gasteiger partial charge in [0.1, 0.15) is 24.4 Å². The maximum absolute atomic E-state index is 12.7. The van der Waals surface area contributed by atoms with Gasteiger partial charge in [0, 0.05) is 0 Å². The molecule has 42 heavy (non-hydrogen) atoms. The Morgan fingerprint density at radius 1 is 0.714 bits per heavy atom. The number of carbonyl (C=O) groups excluding carboxylic acids is 4. The van der Waals surface area contributed by atoms with Crippen molar-refractivity contribution in [2.75, 3.05) is 13.2 Å². The second-order valence-electron chi connectivity index (χ2n) is 10.9. The Morgan fingerprint density at radius 3 is 1.76 bits per heavy atom. The third kappa shape index (κ3) is 14.9. The second-order valence-corrected chi connectivity index (χ2v) is 10.9. The lowest BCUT2D eigenvalue weighted by molar-refractivity contribution is -0.155. The molecule has 0 heterocycles. The molecular weight excluding hydrogens is 550 g/mol. The highest BCUT2D eigenvalue weighted by Crippen LogP contribution is 2.30. The van der Waals surface area contributed by atoms with E-state index in [-0.39, 0.29) is 37.2 Å². The highest BCUT2D eigenvalue weighted by atomic mass is 16.8. The SMILES string of the molecule is CCC(C)OC(=O)O[C@@H](C)[C@H](C)OC(=O)[C@@H](N)Cc1ccc(OC(=O)OCCC(C)C)c(OC(=O)OCCC(C)C)c1. The average molecular weight is 598 g/mol. The summed E-state index contributed by atoms with van der Waals surface area (Å²) in [7, 11) is 0. The van der Waals surface area contributed by atoms with Gasteiger partial charge in [-0.3, -0.25) is 4.79 Å². The van der Waals surface area contributed by atoms with Crippen molar-refractivity contribution >= 4 is 24.4 Å². The van der Waals surface area contributed by atoms with Crippen LogP contribution in [0.25, 0.3) is 0 Å². The molecule has 1 aromatic carbocycles. The molecule has 12 nitrogen and oxygen atoms in total. The molecule has 4 atom stereocenters. The minimum absolute atomic E-state index is 0.00524. The standard InChI is InChI=1S/C30H47NO11/c1-9-20(6)38-30(35)40-22(8)21(7)39-27(32)24(31)16-23-10-11-25(41-28(33)36-14-12-18(2)3)26(17-23)42-29(34)37-15-13-19(4)5/h10-11,17-22,24H,9,12-16,31H2,1-8H3/t20?,21-,22-,24-/m0/s1. The van der Waals surface area contributed by atoms with Gasteiger partial charge in [0.05, 0.1) is 13.2 Å². The van der Waals surface area contributed by atoms with E-state index in [1.807, 2.05) is 34.6 Å². The molecule has 238 valence electrons. The predicted molar refractivity (Wildman–Crippen MR) is 153 cm³/mol. The molecule has 1 unspecified atom stereocenters. The van der Waals surface area contributed by atoms with Gasteiger partial charge in [-0.2, -0.15) is 0 Å². The molecule has 0 saturated carbocycles. The van der Waals surface area contributed by atoms with Crippen molar-refractivity contribution in [2.24, 2.45) is 17.6 Å². The van der Waals surface area contributed by atoms with Crippen LogP contribution < -0.4 is 15.2 Å². The van der Waals surface area contributed by atoms with E-state index in [9.17, 15) is 19.2 Å². The molecule has 0 saturated heterocycles. The van der Waals surface area contributed by atoms with E-state index in [1.165, 1.54) is 12.1 Å². The Balaban J connectivity index is 2.90. The van der Waals surface area contributed by atoms with E-state index in [1.54, 1.807) is 26.8 Å². The van der Waals surface area contributed by atoms with E-state index in [0.29, 0.717) is 36.7 Å². The fourth-order valence-corrected chi connectivity index (χ4v) is 3.06. The molecule has 2 N–H and O–H groups in total. The zero-order chi connectivity index (χ0) is 31.8. The van der Waals surface area contributed by atoms with Gasteiger partial charge in [-0.25, -0.2) is 14.4 Å². The van der Waals surface area contributed by atoms with Gasteiger partial charge >= 0.3 is 24.4 Å². The Morgan fingerprint density at radius 2 is 1.24 bits per heavy atom. The molecule has 0 radical (unpaired) electrons. The summed E-state index contributed by atoms with van der Waals surface area (Å²) in [6.45, 7) is 15.0. The summed E-state index contributed by atoms with van der Waals surface area (Å²) < 4.78 is 36.4. The molecule has 0 bridgehead atoms. The summed E-state index contributed by atoms with van der Waals surface area (Å²) in [6, 6.07) is 3.26. The zero-order valence-electron chi connectivity index (χ0n) is 26.0. The molecule has 1 aromatic rings. The van der Waals surface area contributed by atoms with Crippen LogP contribution in [0.2, 0.25) is 0 Å². The molecule has 0 aliphatic carbocycles. The second kappa shape index (κ2) is 18.8. The van der Waals surface area contributed by atoms with Crippen molar-refractivity contribution in [1.82, 2.24) is 0 Å². The Kier molecular flexibility index (Phi) is 16.3. The van der Waals surface area contributed by atoms with Crippen LogP contribution in [0.3, 0.4) is 0 Å². The van der Waals surface area contributed by atoms with Crippen molar-refractivity contribution in [3.63, 3.8) is 0 Å². The van der Waals surface area contributed by atoms with Crippen molar-refractivity contribution in [3.05, 3.63) is 23.8 Å². The molecule has 0 aliphatic rings. The first-order valence-corrected chi connectivity index (χ1v) is 14.4. The average Bonchev–Trinajstić information content (AvgIpc) is 2.89. The van der Waals surface area contributed by atoms with Gasteiger partial charge < -0.3 is 38.9 Å². The molecule has 0 aromatic heterocycles. The van der Waals surface area contributed by atoms with Crippen molar-refractivity contribution in [2.45, 2.75) is 105 Å². The predicted octanol–water partition coefficient (Wildman–Crippen LogP) is 5.95. The van der Waals surface area contributed by atoms with Crippen LogP contribution >= 0.6 is 0 Å². The number of esters is 1. The molecule has 1 rings (SSSR count). The van der Waals surface area contributed by atoms with Crippen LogP contribution in [-0.2, 0) is 34.9 Å². The minimum atomic E-state index is -1.11. The third-order valence-corrected chi connectivity index (χ3v) is 6.10. The largest absolute Gasteiger partial charge is 0.513 e. The van der Waals surface area contributed by atoms with E-state index in [4.69, 9.17) is 38.9 Å². The number of hydrogen-bond donors (Lipinski definition) is 1. The maximum Gasteiger partial charge on any atom is 0.513 e. The molecule has 0 fully saturated rings. The normalized spacial score (nSPS) is 13.9. The van der Waals surface area contributed by atoms with Gasteiger partial charge in [-0.15, -0.1) is 0 Å². The first-order valence-electron chi connectivity index (χ1n) is 14.4. The Labute approximate surface area is 248 Å². The van der Waals surface area contributed by atoms with Crippen LogP contribution in [0.1, 0.15) is 80.2 Å². The van der Waals surface area contributed by atoms with Gasteiger partial charge in [0.15, 0.2) is 11.5 Å². The van der Waals surface area contributed by atoms with Gasteiger partial charge in [0.25, 0.3) is 0 Å².